The van der Waals surface area contributed by atoms with E-state index >= 15 is 0 Å². The fraction of sp³-hybridized carbons (Fsp3) is 0.167. The second-order valence-electron chi connectivity index (χ2n) is 5.85. The summed E-state index contributed by atoms with van der Waals surface area (Å²) in [5.74, 6) is -0.283. The summed E-state index contributed by atoms with van der Waals surface area (Å²) in [5, 5.41) is 3.38. The highest BCUT2D eigenvalue weighted by molar-refractivity contribution is 6.30. The predicted octanol–water partition coefficient (Wildman–Crippen LogP) is 2.45. The normalized spacial score (nSPS) is 10.9. The van der Waals surface area contributed by atoms with Crippen LogP contribution in [0.25, 0.3) is 11.0 Å². The number of amides is 1. The van der Waals surface area contributed by atoms with Crippen molar-refractivity contribution in [3.63, 3.8) is 0 Å². The van der Waals surface area contributed by atoms with Gasteiger partial charge in [0.25, 0.3) is 5.91 Å². The standard InChI is InChI=1S/C18H16ClN3O3/c1-10-8-14-15(22(3)18(25)17(24)21(14)2)9-13(10)20-16(23)11-4-6-12(19)7-5-11/h4-9H,1-3H3,(H,20,23). The molecule has 0 unspecified atom stereocenters. The second kappa shape index (κ2) is 6.22. The first-order valence-corrected chi connectivity index (χ1v) is 7.94. The minimum absolute atomic E-state index is 0.283. The average Bonchev–Trinajstić information content (AvgIpc) is 2.60. The third kappa shape index (κ3) is 2.96. The summed E-state index contributed by atoms with van der Waals surface area (Å²) in [6.45, 7) is 1.83. The van der Waals surface area contributed by atoms with Crippen LogP contribution in [0.3, 0.4) is 0 Å². The van der Waals surface area contributed by atoms with Crippen molar-refractivity contribution in [1.29, 1.82) is 0 Å². The Morgan fingerprint density at radius 3 is 2.04 bits per heavy atom. The molecule has 128 valence electrons. The average molecular weight is 358 g/mol. The lowest BCUT2D eigenvalue weighted by Crippen LogP contribution is -2.39. The number of hydrogen-bond donors (Lipinski definition) is 1. The summed E-state index contributed by atoms with van der Waals surface area (Å²) < 4.78 is 2.60. The number of hydrogen-bond acceptors (Lipinski definition) is 3. The van der Waals surface area contributed by atoms with E-state index in [0.29, 0.717) is 27.3 Å². The van der Waals surface area contributed by atoms with Crippen molar-refractivity contribution in [2.45, 2.75) is 6.92 Å². The molecule has 1 amide bonds. The molecule has 25 heavy (non-hydrogen) atoms. The molecule has 0 aliphatic rings. The minimum atomic E-state index is -0.617. The summed E-state index contributed by atoms with van der Waals surface area (Å²) in [5.41, 5.74) is 1.79. The highest BCUT2D eigenvalue weighted by atomic mass is 35.5. The van der Waals surface area contributed by atoms with Gasteiger partial charge in [-0.1, -0.05) is 11.6 Å². The molecule has 0 aliphatic carbocycles. The fourth-order valence-corrected chi connectivity index (χ4v) is 2.78. The van der Waals surface area contributed by atoms with E-state index in [9.17, 15) is 14.4 Å². The first-order valence-electron chi connectivity index (χ1n) is 7.57. The fourth-order valence-electron chi connectivity index (χ4n) is 2.65. The van der Waals surface area contributed by atoms with Gasteiger partial charge in [0.1, 0.15) is 0 Å². The summed E-state index contributed by atoms with van der Waals surface area (Å²) in [7, 11) is 3.09. The van der Waals surface area contributed by atoms with Crippen molar-refractivity contribution in [2.24, 2.45) is 14.1 Å². The minimum Gasteiger partial charge on any atom is -0.322 e. The van der Waals surface area contributed by atoms with Gasteiger partial charge in [-0.25, -0.2) is 0 Å². The molecule has 3 rings (SSSR count). The van der Waals surface area contributed by atoms with E-state index in [4.69, 9.17) is 11.6 Å². The number of rotatable bonds is 2. The summed E-state index contributed by atoms with van der Waals surface area (Å²) >= 11 is 5.84. The summed E-state index contributed by atoms with van der Waals surface area (Å²) in [6.07, 6.45) is 0. The molecular formula is C18H16ClN3O3. The van der Waals surface area contributed by atoms with Gasteiger partial charge < -0.3 is 14.5 Å². The van der Waals surface area contributed by atoms with Crippen LogP contribution >= 0.6 is 11.6 Å². The Balaban J connectivity index is 2.10. The predicted molar refractivity (Wildman–Crippen MR) is 98.6 cm³/mol. The van der Waals surface area contributed by atoms with Crippen LogP contribution in [0.4, 0.5) is 5.69 Å². The Morgan fingerprint density at radius 1 is 0.960 bits per heavy atom. The summed E-state index contributed by atoms with van der Waals surface area (Å²) in [4.78, 5) is 36.4. The zero-order valence-corrected chi connectivity index (χ0v) is 14.7. The number of anilines is 1. The van der Waals surface area contributed by atoms with Crippen LogP contribution < -0.4 is 16.4 Å². The lowest BCUT2D eigenvalue weighted by Gasteiger charge is -2.14. The number of nitrogens with zero attached hydrogens (tertiary/aromatic N) is 2. The van der Waals surface area contributed by atoms with Crippen LogP contribution in [0.2, 0.25) is 5.02 Å². The number of aromatic nitrogens is 2. The van der Waals surface area contributed by atoms with Gasteiger partial charge in [0.05, 0.1) is 11.0 Å². The van der Waals surface area contributed by atoms with E-state index in [1.807, 2.05) is 6.92 Å². The molecule has 0 saturated carbocycles. The molecule has 7 heteroatoms. The topological polar surface area (TPSA) is 73.1 Å². The van der Waals surface area contributed by atoms with Crippen LogP contribution in [-0.2, 0) is 14.1 Å². The number of halogens is 1. The molecular weight excluding hydrogens is 342 g/mol. The zero-order chi connectivity index (χ0) is 18.3. The van der Waals surface area contributed by atoms with Gasteiger partial charge in [-0.3, -0.25) is 14.4 Å². The molecule has 1 N–H and O–H groups in total. The van der Waals surface area contributed by atoms with Gasteiger partial charge in [0.2, 0.25) is 0 Å². The quantitative estimate of drug-likeness (QED) is 0.716. The molecule has 1 aromatic heterocycles. The molecule has 0 bridgehead atoms. The molecule has 0 spiro atoms. The number of nitrogens with one attached hydrogen (secondary N) is 1. The highest BCUT2D eigenvalue weighted by Gasteiger charge is 2.13. The largest absolute Gasteiger partial charge is 0.322 e. The van der Waals surface area contributed by atoms with E-state index < -0.39 is 11.1 Å². The van der Waals surface area contributed by atoms with E-state index in [1.54, 1.807) is 43.4 Å². The van der Waals surface area contributed by atoms with Gasteiger partial charge in [-0.15, -0.1) is 0 Å². The summed E-state index contributed by atoms with van der Waals surface area (Å²) in [6, 6.07) is 10.0. The molecule has 0 atom stereocenters. The van der Waals surface area contributed by atoms with Crippen molar-refractivity contribution >= 4 is 34.2 Å². The van der Waals surface area contributed by atoms with Crippen LogP contribution in [0.5, 0.6) is 0 Å². The Labute approximate surface area is 148 Å². The van der Waals surface area contributed by atoms with Crippen LogP contribution in [0, 0.1) is 6.92 Å². The van der Waals surface area contributed by atoms with Crippen molar-refractivity contribution in [2.75, 3.05) is 5.32 Å². The third-order valence-corrected chi connectivity index (χ3v) is 4.44. The van der Waals surface area contributed by atoms with E-state index in [2.05, 4.69) is 5.32 Å². The molecule has 1 heterocycles. The number of benzene rings is 2. The van der Waals surface area contributed by atoms with Crippen molar-refractivity contribution in [3.05, 3.63) is 73.3 Å². The maximum Gasteiger partial charge on any atom is 0.316 e. The molecule has 0 fully saturated rings. The van der Waals surface area contributed by atoms with Gasteiger partial charge in [-0.2, -0.15) is 0 Å². The van der Waals surface area contributed by atoms with E-state index in [0.717, 1.165) is 5.56 Å². The maximum absolute atomic E-state index is 12.4. The number of carbonyl (C=O) groups is 1. The van der Waals surface area contributed by atoms with E-state index in [1.165, 1.54) is 16.2 Å². The molecule has 0 radical (unpaired) electrons. The lowest BCUT2D eigenvalue weighted by molar-refractivity contribution is 0.102. The van der Waals surface area contributed by atoms with Crippen molar-refractivity contribution < 1.29 is 4.79 Å². The maximum atomic E-state index is 12.4. The first-order chi connectivity index (χ1) is 11.8. The number of aryl methyl sites for hydroxylation is 3. The molecule has 3 aromatic rings. The Kier molecular flexibility index (Phi) is 4.22. The second-order valence-corrected chi connectivity index (χ2v) is 6.28. The number of carbonyl (C=O) groups excluding carboxylic acids is 1. The monoisotopic (exact) mass is 357 g/mol. The van der Waals surface area contributed by atoms with Crippen LogP contribution in [-0.4, -0.2) is 15.0 Å². The third-order valence-electron chi connectivity index (χ3n) is 4.19. The first kappa shape index (κ1) is 17.0. The Hall–Kier alpha value is -2.86. The Bertz CT molecular complexity index is 1110. The SMILES string of the molecule is Cc1cc2c(cc1NC(=O)c1ccc(Cl)cc1)n(C)c(=O)c(=O)n2C. The highest BCUT2D eigenvalue weighted by Crippen LogP contribution is 2.22. The van der Waals surface area contributed by atoms with Crippen LogP contribution in [0.15, 0.2) is 46.0 Å². The molecule has 0 aliphatic heterocycles. The van der Waals surface area contributed by atoms with Gasteiger partial charge in [0, 0.05) is 30.4 Å². The number of fused-ring (bicyclic) bond motifs is 1. The van der Waals surface area contributed by atoms with Gasteiger partial charge >= 0.3 is 11.1 Å². The lowest BCUT2D eigenvalue weighted by atomic mass is 10.1. The molecule has 2 aromatic carbocycles. The molecule has 6 nitrogen and oxygen atoms in total. The van der Waals surface area contributed by atoms with Crippen molar-refractivity contribution in [1.82, 2.24) is 9.13 Å². The van der Waals surface area contributed by atoms with E-state index in [-0.39, 0.29) is 5.91 Å². The van der Waals surface area contributed by atoms with Gasteiger partial charge in [-0.05, 0) is 48.9 Å². The molecule has 0 saturated heterocycles. The Morgan fingerprint density at radius 2 is 1.48 bits per heavy atom. The van der Waals surface area contributed by atoms with Crippen molar-refractivity contribution in [3.8, 4) is 0 Å². The smallest absolute Gasteiger partial charge is 0.316 e. The van der Waals surface area contributed by atoms with Crippen LogP contribution in [0.1, 0.15) is 15.9 Å². The zero-order valence-electron chi connectivity index (χ0n) is 14.0. The van der Waals surface area contributed by atoms with Gasteiger partial charge in [0.15, 0.2) is 0 Å².